The summed E-state index contributed by atoms with van der Waals surface area (Å²) in [5.41, 5.74) is 0.848. The van der Waals surface area contributed by atoms with E-state index in [9.17, 15) is 13.2 Å². The van der Waals surface area contributed by atoms with E-state index in [1.807, 2.05) is 0 Å². The summed E-state index contributed by atoms with van der Waals surface area (Å²) in [6.07, 6.45) is 1.88. The predicted octanol–water partition coefficient (Wildman–Crippen LogP) is 0.533. The van der Waals surface area contributed by atoms with Crippen molar-refractivity contribution in [1.82, 2.24) is 10.0 Å². The smallest absolute Gasteiger partial charge is 0.240 e. The Labute approximate surface area is 119 Å². The third kappa shape index (κ3) is 3.94. The molecule has 0 saturated heterocycles. The van der Waals surface area contributed by atoms with Crippen LogP contribution >= 0.6 is 0 Å². The van der Waals surface area contributed by atoms with Crippen LogP contribution in [0.2, 0.25) is 0 Å². The number of carbonyl (C=O) groups is 1. The number of anilines is 1. The van der Waals surface area contributed by atoms with Crippen LogP contribution in [0.5, 0.6) is 0 Å². The normalized spacial score (nSPS) is 14.8. The van der Waals surface area contributed by atoms with Crippen molar-refractivity contribution in [1.29, 1.82) is 0 Å². The molecular formula is C13H19N3O3S. The Morgan fingerprint density at radius 2 is 1.85 bits per heavy atom. The monoisotopic (exact) mass is 297 g/mol. The average molecular weight is 297 g/mol. The molecule has 0 aliphatic heterocycles. The van der Waals surface area contributed by atoms with E-state index in [0.717, 1.165) is 18.5 Å². The number of hydrogen-bond acceptors (Lipinski definition) is 4. The van der Waals surface area contributed by atoms with E-state index >= 15 is 0 Å². The van der Waals surface area contributed by atoms with E-state index in [1.54, 1.807) is 19.2 Å². The first-order chi connectivity index (χ1) is 9.53. The van der Waals surface area contributed by atoms with Crippen LogP contribution in [0.25, 0.3) is 0 Å². The minimum atomic E-state index is -3.52. The minimum absolute atomic E-state index is 0.0163. The summed E-state index contributed by atoms with van der Waals surface area (Å²) in [6.45, 7) is 0.498. The van der Waals surface area contributed by atoms with Crippen molar-refractivity contribution < 1.29 is 13.2 Å². The molecule has 0 unspecified atom stereocenters. The molecule has 1 aliphatic carbocycles. The quantitative estimate of drug-likeness (QED) is 0.641. The number of sulfonamides is 1. The fourth-order valence-corrected chi connectivity index (χ4v) is 2.78. The highest BCUT2D eigenvalue weighted by molar-refractivity contribution is 7.89. The lowest BCUT2D eigenvalue weighted by Gasteiger charge is -2.08. The van der Waals surface area contributed by atoms with Crippen molar-refractivity contribution in [3.63, 3.8) is 0 Å². The molecule has 1 saturated carbocycles. The molecule has 110 valence electrons. The van der Waals surface area contributed by atoms with Crippen LogP contribution in [-0.4, -0.2) is 34.5 Å². The van der Waals surface area contributed by atoms with Gasteiger partial charge in [0.25, 0.3) is 0 Å². The first kappa shape index (κ1) is 14.8. The lowest BCUT2D eigenvalue weighted by Crippen LogP contribution is -2.35. The highest BCUT2D eigenvalue weighted by atomic mass is 32.2. The highest BCUT2D eigenvalue weighted by Crippen LogP contribution is 2.28. The number of carbonyl (C=O) groups excluding carboxylic acids is 1. The van der Waals surface area contributed by atoms with Gasteiger partial charge >= 0.3 is 0 Å². The van der Waals surface area contributed by atoms with Gasteiger partial charge in [-0.25, -0.2) is 13.1 Å². The van der Waals surface area contributed by atoms with E-state index in [0.29, 0.717) is 6.54 Å². The van der Waals surface area contributed by atoms with Gasteiger partial charge < -0.3 is 10.6 Å². The number of hydrogen-bond donors (Lipinski definition) is 3. The summed E-state index contributed by atoms with van der Waals surface area (Å²) in [5, 5.41) is 5.64. The molecule has 0 spiro atoms. The maximum atomic E-state index is 12.0. The van der Waals surface area contributed by atoms with Gasteiger partial charge in [0, 0.05) is 31.7 Å². The summed E-state index contributed by atoms with van der Waals surface area (Å²) in [4.78, 5) is 11.6. The fraction of sp³-hybridized carbons (Fsp3) is 0.462. The molecule has 1 aromatic carbocycles. The molecule has 1 amide bonds. The van der Waals surface area contributed by atoms with E-state index in [-0.39, 0.29) is 23.3 Å². The SMILES string of the molecule is CNc1ccc(S(=O)(=O)NCCNC(=O)C2CC2)cc1. The molecule has 3 N–H and O–H groups in total. The third-order valence-corrected chi connectivity index (χ3v) is 4.59. The second-order valence-corrected chi connectivity index (χ2v) is 6.50. The molecule has 0 radical (unpaired) electrons. The van der Waals surface area contributed by atoms with Crippen molar-refractivity contribution in [2.24, 2.45) is 5.92 Å². The lowest BCUT2D eigenvalue weighted by atomic mass is 10.3. The number of rotatable bonds is 7. The van der Waals surface area contributed by atoms with Crippen LogP contribution in [0.3, 0.4) is 0 Å². The highest BCUT2D eigenvalue weighted by Gasteiger charge is 2.29. The van der Waals surface area contributed by atoms with Crippen LogP contribution in [0.1, 0.15) is 12.8 Å². The average Bonchev–Trinajstić information content (AvgIpc) is 3.28. The zero-order chi connectivity index (χ0) is 14.6. The zero-order valence-electron chi connectivity index (χ0n) is 11.3. The van der Waals surface area contributed by atoms with Crippen LogP contribution in [-0.2, 0) is 14.8 Å². The summed E-state index contributed by atoms with van der Waals surface area (Å²) >= 11 is 0. The number of amides is 1. The van der Waals surface area contributed by atoms with Gasteiger partial charge in [0.15, 0.2) is 0 Å². The van der Waals surface area contributed by atoms with Crippen molar-refractivity contribution in [3.05, 3.63) is 24.3 Å². The molecule has 1 aliphatic rings. The van der Waals surface area contributed by atoms with Crippen molar-refractivity contribution in [2.75, 3.05) is 25.5 Å². The summed E-state index contributed by atoms with van der Waals surface area (Å²) < 4.78 is 26.4. The van der Waals surface area contributed by atoms with E-state index in [4.69, 9.17) is 0 Å². The van der Waals surface area contributed by atoms with E-state index in [2.05, 4.69) is 15.4 Å². The van der Waals surface area contributed by atoms with Gasteiger partial charge in [0.1, 0.15) is 0 Å². The molecule has 1 fully saturated rings. The van der Waals surface area contributed by atoms with Gasteiger partial charge in [-0.05, 0) is 37.1 Å². The molecule has 7 heteroatoms. The van der Waals surface area contributed by atoms with Crippen LogP contribution in [0, 0.1) is 5.92 Å². The van der Waals surface area contributed by atoms with Crippen molar-refractivity contribution in [3.8, 4) is 0 Å². The Hall–Kier alpha value is -1.60. The Balaban J connectivity index is 1.81. The molecule has 2 rings (SSSR count). The minimum Gasteiger partial charge on any atom is -0.388 e. The van der Waals surface area contributed by atoms with Gasteiger partial charge in [-0.1, -0.05) is 0 Å². The molecule has 0 atom stereocenters. The maximum Gasteiger partial charge on any atom is 0.240 e. The number of benzene rings is 1. The number of nitrogens with one attached hydrogen (secondary N) is 3. The van der Waals surface area contributed by atoms with E-state index < -0.39 is 10.0 Å². The van der Waals surface area contributed by atoms with Crippen molar-refractivity contribution >= 4 is 21.6 Å². The predicted molar refractivity (Wildman–Crippen MR) is 76.9 cm³/mol. The largest absolute Gasteiger partial charge is 0.388 e. The summed E-state index contributed by atoms with van der Waals surface area (Å²) in [5.74, 6) is 0.156. The Kier molecular flexibility index (Phi) is 4.61. The summed E-state index contributed by atoms with van der Waals surface area (Å²) in [7, 11) is -1.75. The summed E-state index contributed by atoms with van der Waals surface area (Å²) in [6, 6.07) is 6.47. The second kappa shape index (κ2) is 6.23. The zero-order valence-corrected chi connectivity index (χ0v) is 12.2. The van der Waals surface area contributed by atoms with Gasteiger partial charge in [-0.2, -0.15) is 0 Å². The van der Waals surface area contributed by atoms with Crippen LogP contribution in [0.15, 0.2) is 29.2 Å². The van der Waals surface area contributed by atoms with Gasteiger partial charge in [-0.15, -0.1) is 0 Å². The molecule has 20 heavy (non-hydrogen) atoms. The third-order valence-electron chi connectivity index (χ3n) is 3.12. The van der Waals surface area contributed by atoms with Crippen LogP contribution in [0.4, 0.5) is 5.69 Å². The molecule has 1 aromatic rings. The molecule has 0 aromatic heterocycles. The van der Waals surface area contributed by atoms with Gasteiger partial charge in [0.2, 0.25) is 15.9 Å². The molecular weight excluding hydrogens is 278 g/mol. The second-order valence-electron chi connectivity index (χ2n) is 4.74. The Bertz CT molecular complexity index is 565. The first-order valence-electron chi connectivity index (χ1n) is 6.58. The lowest BCUT2D eigenvalue weighted by molar-refractivity contribution is -0.122. The Morgan fingerprint density at radius 3 is 2.40 bits per heavy atom. The fourth-order valence-electron chi connectivity index (χ4n) is 1.75. The van der Waals surface area contributed by atoms with Gasteiger partial charge in [0.05, 0.1) is 4.90 Å². The Morgan fingerprint density at radius 1 is 1.20 bits per heavy atom. The molecule has 0 bridgehead atoms. The van der Waals surface area contributed by atoms with E-state index in [1.165, 1.54) is 12.1 Å². The van der Waals surface area contributed by atoms with Crippen molar-refractivity contribution in [2.45, 2.75) is 17.7 Å². The van der Waals surface area contributed by atoms with Gasteiger partial charge in [-0.3, -0.25) is 4.79 Å². The topological polar surface area (TPSA) is 87.3 Å². The maximum absolute atomic E-state index is 12.0. The standard InChI is InChI=1S/C13H19N3O3S/c1-14-11-4-6-12(7-5-11)20(18,19)16-9-8-15-13(17)10-2-3-10/h4-7,10,14,16H,2-3,8-9H2,1H3,(H,15,17). The first-order valence-corrected chi connectivity index (χ1v) is 8.06. The van der Waals surface area contributed by atoms with Crippen LogP contribution < -0.4 is 15.4 Å². The molecule has 6 nitrogen and oxygen atoms in total. The molecule has 0 heterocycles.